The van der Waals surface area contributed by atoms with Crippen molar-refractivity contribution in [1.82, 2.24) is 5.16 Å². The van der Waals surface area contributed by atoms with Gasteiger partial charge in [-0.1, -0.05) is 18.5 Å². The first-order chi connectivity index (χ1) is 6.83. The van der Waals surface area contributed by atoms with Crippen LogP contribution in [0.4, 0.5) is 5.88 Å². The summed E-state index contributed by atoms with van der Waals surface area (Å²) >= 11 is 1.65. The third-order valence-corrected chi connectivity index (χ3v) is 2.80. The van der Waals surface area contributed by atoms with Crippen LogP contribution in [0.1, 0.15) is 18.9 Å². The second kappa shape index (κ2) is 3.84. The topological polar surface area (TPSA) is 52.0 Å². The molecule has 0 saturated carbocycles. The average Bonchev–Trinajstić information content (AvgIpc) is 2.77. The third-order valence-electron chi connectivity index (χ3n) is 2.11. The lowest BCUT2D eigenvalue weighted by Gasteiger charge is -1.96. The Morgan fingerprint density at radius 1 is 1.57 bits per heavy atom. The van der Waals surface area contributed by atoms with Crippen LogP contribution in [0.15, 0.2) is 21.3 Å². The number of rotatable bonds is 3. The van der Waals surface area contributed by atoms with Crippen molar-refractivity contribution in [3.63, 3.8) is 0 Å². The minimum atomic E-state index is 0.452. The lowest BCUT2D eigenvalue weighted by atomic mass is 10.1. The number of anilines is 1. The molecule has 4 heteroatoms. The van der Waals surface area contributed by atoms with E-state index in [0.717, 1.165) is 29.7 Å². The van der Waals surface area contributed by atoms with E-state index in [1.165, 1.54) is 0 Å². The molecule has 2 rings (SSSR count). The van der Waals surface area contributed by atoms with Crippen molar-refractivity contribution < 1.29 is 4.52 Å². The van der Waals surface area contributed by atoms with Crippen LogP contribution in [0, 0.1) is 0 Å². The van der Waals surface area contributed by atoms with Crippen LogP contribution in [0.5, 0.6) is 0 Å². The maximum atomic E-state index is 5.71. The molecule has 0 fully saturated rings. The molecule has 2 heterocycles. The zero-order valence-electron chi connectivity index (χ0n) is 7.99. The molecule has 0 atom stereocenters. The SMILES string of the molecule is CCCc1c(-c2ccsc2)noc1N. The molecule has 14 heavy (non-hydrogen) atoms. The second-order valence-electron chi connectivity index (χ2n) is 3.14. The van der Waals surface area contributed by atoms with Gasteiger partial charge in [-0.2, -0.15) is 11.3 Å². The van der Waals surface area contributed by atoms with Crippen molar-refractivity contribution in [3.8, 4) is 11.3 Å². The summed E-state index contributed by atoms with van der Waals surface area (Å²) in [6.45, 7) is 2.11. The Balaban J connectivity index is 2.43. The molecule has 0 unspecified atom stereocenters. The van der Waals surface area contributed by atoms with Gasteiger partial charge in [-0.25, -0.2) is 0 Å². The standard InChI is InChI=1S/C10H12N2OS/c1-2-3-8-9(12-13-10(8)11)7-4-5-14-6-7/h4-6H,2-3,11H2,1H3. The molecule has 0 amide bonds. The van der Waals surface area contributed by atoms with Crippen LogP contribution in [0.3, 0.4) is 0 Å². The van der Waals surface area contributed by atoms with Crippen LogP contribution in [0.2, 0.25) is 0 Å². The van der Waals surface area contributed by atoms with E-state index in [-0.39, 0.29) is 0 Å². The van der Waals surface area contributed by atoms with E-state index >= 15 is 0 Å². The highest BCUT2D eigenvalue weighted by molar-refractivity contribution is 7.08. The van der Waals surface area contributed by atoms with Gasteiger partial charge in [0.1, 0.15) is 5.69 Å². The number of aromatic nitrogens is 1. The summed E-state index contributed by atoms with van der Waals surface area (Å²) in [4.78, 5) is 0. The predicted molar refractivity (Wildman–Crippen MR) is 58.2 cm³/mol. The van der Waals surface area contributed by atoms with Crippen molar-refractivity contribution in [3.05, 3.63) is 22.4 Å². The fourth-order valence-corrected chi connectivity index (χ4v) is 2.08. The van der Waals surface area contributed by atoms with Gasteiger partial charge in [0.15, 0.2) is 0 Å². The van der Waals surface area contributed by atoms with Gasteiger partial charge >= 0.3 is 0 Å². The van der Waals surface area contributed by atoms with Gasteiger partial charge < -0.3 is 10.3 Å². The lowest BCUT2D eigenvalue weighted by Crippen LogP contribution is -1.90. The maximum Gasteiger partial charge on any atom is 0.225 e. The first-order valence-corrected chi connectivity index (χ1v) is 5.53. The van der Waals surface area contributed by atoms with Crippen LogP contribution in [0.25, 0.3) is 11.3 Å². The second-order valence-corrected chi connectivity index (χ2v) is 3.92. The Morgan fingerprint density at radius 3 is 3.07 bits per heavy atom. The third kappa shape index (κ3) is 1.53. The number of hydrogen-bond donors (Lipinski definition) is 1. The average molecular weight is 208 g/mol. The number of nitrogens with two attached hydrogens (primary N) is 1. The molecule has 0 aliphatic carbocycles. The van der Waals surface area contributed by atoms with Crippen LogP contribution < -0.4 is 5.73 Å². The minimum absolute atomic E-state index is 0.452. The molecular formula is C10H12N2OS. The predicted octanol–water partition coefficient (Wildman–Crippen LogP) is 2.94. The molecule has 0 bridgehead atoms. The molecule has 2 N–H and O–H groups in total. The zero-order valence-corrected chi connectivity index (χ0v) is 8.80. The van der Waals surface area contributed by atoms with E-state index in [1.807, 2.05) is 11.4 Å². The first kappa shape index (κ1) is 9.27. The van der Waals surface area contributed by atoms with Gasteiger partial charge in [0.05, 0.1) is 0 Å². The van der Waals surface area contributed by atoms with E-state index in [0.29, 0.717) is 5.88 Å². The Hall–Kier alpha value is -1.29. The smallest absolute Gasteiger partial charge is 0.225 e. The number of hydrogen-bond acceptors (Lipinski definition) is 4. The summed E-state index contributed by atoms with van der Waals surface area (Å²) in [5.74, 6) is 0.452. The van der Waals surface area contributed by atoms with Gasteiger partial charge in [-0.15, -0.1) is 0 Å². The summed E-state index contributed by atoms with van der Waals surface area (Å²) in [7, 11) is 0. The van der Waals surface area contributed by atoms with Crippen LogP contribution in [-0.4, -0.2) is 5.16 Å². The van der Waals surface area contributed by atoms with Crippen LogP contribution >= 0.6 is 11.3 Å². The molecule has 0 aliphatic rings. The first-order valence-electron chi connectivity index (χ1n) is 4.59. The Labute approximate surface area is 86.5 Å². The van der Waals surface area contributed by atoms with E-state index in [4.69, 9.17) is 10.3 Å². The molecule has 74 valence electrons. The molecule has 0 aliphatic heterocycles. The Morgan fingerprint density at radius 2 is 2.43 bits per heavy atom. The fraction of sp³-hybridized carbons (Fsp3) is 0.300. The molecule has 2 aromatic rings. The maximum absolute atomic E-state index is 5.71. The number of thiophene rings is 1. The quantitative estimate of drug-likeness (QED) is 0.843. The summed E-state index contributed by atoms with van der Waals surface area (Å²) in [5.41, 5.74) is 8.73. The summed E-state index contributed by atoms with van der Waals surface area (Å²) < 4.78 is 5.00. The zero-order chi connectivity index (χ0) is 9.97. The highest BCUT2D eigenvalue weighted by Crippen LogP contribution is 2.29. The summed E-state index contributed by atoms with van der Waals surface area (Å²) in [6.07, 6.45) is 1.96. The van der Waals surface area contributed by atoms with Gasteiger partial charge in [0.2, 0.25) is 5.88 Å². The van der Waals surface area contributed by atoms with E-state index < -0.39 is 0 Å². The molecular weight excluding hydrogens is 196 g/mol. The normalized spacial score (nSPS) is 10.6. The van der Waals surface area contributed by atoms with Crippen LogP contribution in [-0.2, 0) is 6.42 Å². The van der Waals surface area contributed by atoms with Crippen molar-refractivity contribution in [2.75, 3.05) is 5.73 Å². The lowest BCUT2D eigenvalue weighted by molar-refractivity contribution is 0.438. The molecule has 2 aromatic heterocycles. The minimum Gasteiger partial charge on any atom is -0.367 e. The number of nitrogen functional groups attached to an aromatic ring is 1. The van der Waals surface area contributed by atoms with Gasteiger partial charge in [-0.3, -0.25) is 0 Å². The van der Waals surface area contributed by atoms with Gasteiger partial charge in [0, 0.05) is 16.5 Å². The van der Waals surface area contributed by atoms with E-state index in [1.54, 1.807) is 11.3 Å². The van der Waals surface area contributed by atoms with Crippen molar-refractivity contribution >= 4 is 17.2 Å². The Kier molecular flexibility index (Phi) is 2.54. The molecule has 0 spiro atoms. The van der Waals surface area contributed by atoms with Crippen molar-refractivity contribution in [1.29, 1.82) is 0 Å². The van der Waals surface area contributed by atoms with Gasteiger partial charge in [-0.05, 0) is 17.9 Å². The van der Waals surface area contributed by atoms with E-state index in [9.17, 15) is 0 Å². The Bertz CT molecular complexity index is 406. The van der Waals surface area contributed by atoms with Crippen molar-refractivity contribution in [2.45, 2.75) is 19.8 Å². The number of nitrogens with zero attached hydrogens (tertiary/aromatic N) is 1. The molecule has 0 radical (unpaired) electrons. The molecule has 0 saturated heterocycles. The monoisotopic (exact) mass is 208 g/mol. The molecule has 3 nitrogen and oxygen atoms in total. The van der Waals surface area contributed by atoms with Gasteiger partial charge in [0.25, 0.3) is 0 Å². The largest absolute Gasteiger partial charge is 0.367 e. The van der Waals surface area contributed by atoms with E-state index in [2.05, 4.69) is 17.5 Å². The highest BCUT2D eigenvalue weighted by Gasteiger charge is 2.14. The van der Waals surface area contributed by atoms with Crippen molar-refractivity contribution in [2.24, 2.45) is 0 Å². The highest BCUT2D eigenvalue weighted by atomic mass is 32.1. The summed E-state index contributed by atoms with van der Waals surface area (Å²) in [6, 6.07) is 2.03. The fourth-order valence-electron chi connectivity index (χ4n) is 1.44. The molecule has 0 aromatic carbocycles. The summed E-state index contributed by atoms with van der Waals surface area (Å²) in [5, 5.41) is 8.06.